The minimum Gasteiger partial charge on any atom is -0.490 e. The molecule has 1 aromatic heterocycles. The van der Waals surface area contributed by atoms with E-state index in [0.717, 1.165) is 18.6 Å². The lowest BCUT2D eigenvalue weighted by Crippen LogP contribution is -2.39. The van der Waals surface area contributed by atoms with Crippen molar-refractivity contribution in [3.05, 3.63) is 34.8 Å². The van der Waals surface area contributed by atoms with E-state index in [0.29, 0.717) is 5.69 Å². The molecule has 1 saturated carbocycles. The van der Waals surface area contributed by atoms with Crippen molar-refractivity contribution in [1.29, 1.82) is 0 Å². The molecule has 0 bridgehead atoms. The van der Waals surface area contributed by atoms with Gasteiger partial charge in [0, 0.05) is 6.07 Å². The molecule has 1 fully saturated rings. The second kappa shape index (κ2) is 6.24. The first-order chi connectivity index (χ1) is 11.7. The molecule has 3 rings (SSSR count). The number of rotatable bonds is 4. The quantitative estimate of drug-likeness (QED) is 0.842. The first kappa shape index (κ1) is 17.6. The summed E-state index contributed by atoms with van der Waals surface area (Å²) in [6.07, 6.45) is 3.30. The largest absolute Gasteiger partial charge is 0.490 e. The van der Waals surface area contributed by atoms with Gasteiger partial charge in [-0.25, -0.2) is 4.79 Å². The monoisotopic (exact) mass is 346 g/mol. The molecule has 0 atom stereocenters. The number of ether oxygens (including phenoxy) is 2. The van der Waals surface area contributed by atoms with Gasteiger partial charge >= 0.3 is 11.8 Å². The number of methoxy groups -OCH3 is 1. The standard InChI is InChI=1S/C19H26N2O4/c1-18(2)10-15(11-19(3,4)12-18)24-14-8-6-7-13(9-14)21-17(22)25-16(20-21)23-5/h6-9,15H,10-12H2,1-5H3. The third-order valence-corrected chi connectivity index (χ3v) is 4.59. The molecular weight excluding hydrogens is 320 g/mol. The smallest absolute Gasteiger partial charge is 0.444 e. The van der Waals surface area contributed by atoms with E-state index >= 15 is 0 Å². The van der Waals surface area contributed by atoms with Crippen molar-refractivity contribution in [2.75, 3.05) is 7.11 Å². The topological polar surface area (TPSA) is 66.5 Å². The van der Waals surface area contributed by atoms with Gasteiger partial charge < -0.3 is 13.9 Å². The second-order valence-electron chi connectivity index (χ2n) is 8.40. The predicted octanol–water partition coefficient (Wildman–Crippen LogP) is 3.82. The van der Waals surface area contributed by atoms with E-state index in [9.17, 15) is 4.79 Å². The minimum atomic E-state index is -0.589. The fourth-order valence-electron chi connectivity index (χ4n) is 4.22. The highest BCUT2D eigenvalue weighted by Crippen LogP contribution is 2.46. The molecule has 25 heavy (non-hydrogen) atoms. The molecular formula is C19H26N2O4. The predicted molar refractivity (Wildman–Crippen MR) is 94.5 cm³/mol. The Balaban J connectivity index is 1.82. The van der Waals surface area contributed by atoms with Crippen LogP contribution in [0, 0.1) is 10.8 Å². The van der Waals surface area contributed by atoms with E-state index in [1.54, 1.807) is 12.1 Å². The lowest BCUT2D eigenvalue weighted by atomic mass is 9.64. The van der Waals surface area contributed by atoms with Crippen molar-refractivity contribution in [3.63, 3.8) is 0 Å². The van der Waals surface area contributed by atoms with Crippen LogP contribution in [0.25, 0.3) is 5.69 Å². The van der Waals surface area contributed by atoms with Crippen LogP contribution in [0.5, 0.6) is 11.8 Å². The molecule has 1 aliphatic rings. The van der Waals surface area contributed by atoms with E-state index in [1.165, 1.54) is 18.2 Å². The van der Waals surface area contributed by atoms with E-state index in [4.69, 9.17) is 13.9 Å². The molecule has 1 aliphatic carbocycles. The summed E-state index contributed by atoms with van der Waals surface area (Å²) in [5.41, 5.74) is 1.09. The third-order valence-electron chi connectivity index (χ3n) is 4.59. The van der Waals surface area contributed by atoms with Gasteiger partial charge in [-0.3, -0.25) is 0 Å². The number of nitrogens with zero attached hydrogens (tertiary/aromatic N) is 2. The van der Waals surface area contributed by atoms with Gasteiger partial charge in [-0.2, -0.15) is 4.68 Å². The van der Waals surface area contributed by atoms with E-state index in [1.807, 2.05) is 12.1 Å². The second-order valence-corrected chi connectivity index (χ2v) is 8.40. The zero-order valence-electron chi connectivity index (χ0n) is 15.5. The summed E-state index contributed by atoms with van der Waals surface area (Å²) in [7, 11) is 1.40. The molecule has 6 nitrogen and oxygen atoms in total. The Bertz CT molecular complexity index is 788. The first-order valence-corrected chi connectivity index (χ1v) is 8.59. The van der Waals surface area contributed by atoms with Crippen molar-refractivity contribution < 1.29 is 13.9 Å². The Kier molecular flexibility index (Phi) is 4.39. The minimum absolute atomic E-state index is 0.0629. The number of benzene rings is 1. The Morgan fingerprint density at radius 3 is 2.48 bits per heavy atom. The number of hydrogen-bond acceptors (Lipinski definition) is 5. The SMILES string of the molecule is COc1nn(-c2cccc(OC3CC(C)(C)CC(C)(C)C3)c2)c(=O)o1. The fourth-order valence-corrected chi connectivity index (χ4v) is 4.22. The van der Waals surface area contributed by atoms with Crippen LogP contribution in [0.2, 0.25) is 0 Å². The Morgan fingerprint density at radius 1 is 1.20 bits per heavy atom. The first-order valence-electron chi connectivity index (χ1n) is 8.59. The Labute approximate surface area is 147 Å². The summed E-state index contributed by atoms with van der Waals surface area (Å²) in [5, 5.41) is 3.99. The third kappa shape index (κ3) is 4.06. The summed E-state index contributed by atoms with van der Waals surface area (Å²) in [6.45, 7) is 9.17. The fraction of sp³-hybridized carbons (Fsp3) is 0.579. The van der Waals surface area contributed by atoms with E-state index in [-0.39, 0.29) is 23.0 Å². The van der Waals surface area contributed by atoms with Crippen LogP contribution in [-0.2, 0) is 0 Å². The van der Waals surface area contributed by atoms with Gasteiger partial charge in [0.1, 0.15) is 5.75 Å². The Hall–Kier alpha value is -2.24. The van der Waals surface area contributed by atoms with Crippen molar-refractivity contribution in [2.45, 2.75) is 53.1 Å². The van der Waals surface area contributed by atoms with Gasteiger partial charge in [-0.05, 0) is 42.2 Å². The Morgan fingerprint density at radius 2 is 1.88 bits per heavy atom. The maximum Gasteiger partial charge on any atom is 0.444 e. The van der Waals surface area contributed by atoms with Crippen molar-refractivity contribution >= 4 is 0 Å². The molecule has 2 aromatic rings. The van der Waals surface area contributed by atoms with E-state index < -0.39 is 5.76 Å². The highest BCUT2D eigenvalue weighted by atomic mass is 16.6. The van der Waals surface area contributed by atoms with Gasteiger partial charge in [0.15, 0.2) is 0 Å². The summed E-state index contributed by atoms with van der Waals surface area (Å²) in [5.74, 6) is 0.138. The maximum absolute atomic E-state index is 11.9. The molecule has 0 radical (unpaired) electrons. The molecule has 6 heteroatoms. The zero-order valence-corrected chi connectivity index (χ0v) is 15.5. The summed E-state index contributed by atoms with van der Waals surface area (Å²) >= 11 is 0. The molecule has 0 saturated heterocycles. The average molecular weight is 346 g/mol. The van der Waals surface area contributed by atoms with Gasteiger partial charge in [0.05, 0.1) is 18.9 Å². The van der Waals surface area contributed by atoms with Crippen LogP contribution >= 0.6 is 0 Å². The highest BCUT2D eigenvalue weighted by Gasteiger charge is 2.39. The van der Waals surface area contributed by atoms with E-state index in [2.05, 4.69) is 32.8 Å². The normalized spacial score (nSPS) is 19.6. The van der Waals surface area contributed by atoms with Gasteiger partial charge in [0.25, 0.3) is 0 Å². The average Bonchev–Trinajstić information content (AvgIpc) is 2.85. The molecule has 1 heterocycles. The van der Waals surface area contributed by atoms with Crippen molar-refractivity contribution in [2.24, 2.45) is 10.8 Å². The molecule has 0 N–H and O–H groups in total. The molecule has 0 amide bonds. The van der Waals surface area contributed by atoms with Gasteiger partial charge in [-0.1, -0.05) is 38.9 Å². The summed E-state index contributed by atoms with van der Waals surface area (Å²) < 4.78 is 17.2. The van der Waals surface area contributed by atoms with Crippen LogP contribution in [0.1, 0.15) is 47.0 Å². The number of aromatic nitrogens is 2. The zero-order chi connectivity index (χ0) is 18.2. The lowest BCUT2D eigenvalue weighted by molar-refractivity contribution is 0.0134. The van der Waals surface area contributed by atoms with Crippen LogP contribution in [0.15, 0.2) is 33.5 Å². The van der Waals surface area contributed by atoms with Crippen LogP contribution in [0.4, 0.5) is 0 Å². The summed E-state index contributed by atoms with van der Waals surface area (Å²) in [6, 6.07) is 7.33. The molecule has 0 spiro atoms. The molecule has 136 valence electrons. The van der Waals surface area contributed by atoms with Gasteiger partial charge in [-0.15, -0.1) is 0 Å². The molecule has 0 aliphatic heterocycles. The van der Waals surface area contributed by atoms with Crippen LogP contribution < -0.4 is 15.2 Å². The van der Waals surface area contributed by atoms with Crippen LogP contribution in [0.3, 0.4) is 0 Å². The van der Waals surface area contributed by atoms with Crippen LogP contribution in [-0.4, -0.2) is 23.0 Å². The highest BCUT2D eigenvalue weighted by molar-refractivity contribution is 5.38. The maximum atomic E-state index is 11.9. The van der Waals surface area contributed by atoms with Crippen molar-refractivity contribution in [1.82, 2.24) is 9.78 Å². The van der Waals surface area contributed by atoms with Gasteiger partial charge in [0.2, 0.25) is 0 Å². The molecule has 0 unspecified atom stereocenters. The summed E-state index contributed by atoms with van der Waals surface area (Å²) in [4.78, 5) is 11.9. The number of hydrogen-bond donors (Lipinski definition) is 0. The van der Waals surface area contributed by atoms with Crippen molar-refractivity contribution in [3.8, 4) is 17.5 Å². The molecule has 1 aromatic carbocycles. The lowest BCUT2D eigenvalue weighted by Gasteiger charge is -2.44.